The molecule has 0 saturated carbocycles. The molecule has 4 N–H and O–H groups in total. The summed E-state index contributed by atoms with van der Waals surface area (Å²) < 4.78 is 3.26. The lowest BCUT2D eigenvalue weighted by Crippen LogP contribution is -2.35. The van der Waals surface area contributed by atoms with Crippen LogP contribution in [-0.2, 0) is 13.1 Å². The molecule has 0 aliphatic heterocycles. The smallest absolute Gasteiger partial charge is 0.330 e. The van der Waals surface area contributed by atoms with Gasteiger partial charge in [0.2, 0.25) is 0 Å². The first-order valence-corrected chi connectivity index (χ1v) is 6.81. The number of nitrogens with zero attached hydrogens (tertiary/aromatic N) is 3. The maximum atomic E-state index is 11.9. The first-order valence-electron chi connectivity index (χ1n) is 6.81. The first-order chi connectivity index (χ1) is 9.99. The Morgan fingerprint density at radius 2 is 2.19 bits per heavy atom. The Morgan fingerprint density at radius 3 is 2.81 bits per heavy atom. The van der Waals surface area contributed by atoms with E-state index in [0.717, 1.165) is 0 Å². The van der Waals surface area contributed by atoms with Crippen molar-refractivity contribution in [2.24, 2.45) is 5.92 Å². The number of anilines is 2. The highest BCUT2D eigenvalue weighted by molar-refractivity contribution is 5.60. The van der Waals surface area contributed by atoms with E-state index in [4.69, 9.17) is 5.73 Å². The van der Waals surface area contributed by atoms with Gasteiger partial charge in [0.15, 0.2) is 0 Å². The summed E-state index contributed by atoms with van der Waals surface area (Å²) in [6.45, 7) is 5.55. The van der Waals surface area contributed by atoms with Crippen molar-refractivity contribution < 1.29 is 0 Å². The average Bonchev–Trinajstić information content (AvgIpc) is 2.91. The molecule has 0 unspecified atom stereocenters. The molecule has 8 nitrogen and oxygen atoms in total. The maximum Gasteiger partial charge on any atom is 0.330 e. The van der Waals surface area contributed by atoms with Gasteiger partial charge in [-0.1, -0.05) is 13.8 Å². The Bertz CT molecular complexity index is 698. The van der Waals surface area contributed by atoms with Crippen LogP contribution < -0.4 is 22.3 Å². The summed E-state index contributed by atoms with van der Waals surface area (Å²) in [7, 11) is 0. The standard InChI is InChI=1S/C13H20N6O2/c1-9(2)7-19-11(14)10(12(20)17-13(19)21)16-4-6-18-5-3-15-8-18/h3,5,8-9,16H,4,6-7,14H2,1-2H3,(H,17,20,21). The van der Waals surface area contributed by atoms with Crippen LogP contribution in [0.15, 0.2) is 28.3 Å². The first kappa shape index (κ1) is 14.9. The van der Waals surface area contributed by atoms with Crippen molar-refractivity contribution in [3.8, 4) is 0 Å². The average molecular weight is 292 g/mol. The van der Waals surface area contributed by atoms with Crippen molar-refractivity contribution in [2.75, 3.05) is 17.6 Å². The molecule has 2 rings (SSSR count). The summed E-state index contributed by atoms with van der Waals surface area (Å²) in [5, 5.41) is 2.98. The largest absolute Gasteiger partial charge is 0.383 e. The minimum absolute atomic E-state index is 0.170. The molecule has 0 bridgehead atoms. The predicted octanol–water partition coefficient (Wildman–Crippen LogP) is 0.0834. The molecule has 2 aromatic heterocycles. The van der Waals surface area contributed by atoms with Crippen LogP contribution in [-0.4, -0.2) is 25.6 Å². The molecular weight excluding hydrogens is 272 g/mol. The molecule has 21 heavy (non-hydrogen) atoms. The Morgan fingerprint density at radius 1 is 1.43 bits per heavy atom. The Hall–Kier alpha value is -2.51. The quantitative estimate of drug-likeness (QED) is 0.698. The topological polar surface area (TPSA) is 111 Å². The Balaban J connectivity index is 2.18. The highest BCUT2D eigenvalue weighted by atomic mass is 16.2. The number of aromatic amines is 1. The number of hydrogen-bond donors (Lipinski definition) is 3. The van der Waals surface area contributed by atoms with E-state index in [1.807, 2.05) is 24.6 Å². The second kappa shape index (κ2) is 6.29. The van der Waals surface area contributed by atoms with Crippen LogP contribution in [0.5, 0.6) is 0 Å². The summed E-state index contributed by atoms with van der Waals surface area (Å²) in [4.78, 5) is 29.9. The Labute approximate surface area is 121 Å². The lowest BCUT2D eigenvalue weighted by atomic mass is 10.2. The summed E-state index contributed by atoms with van der Waals surface area (Å²) in [6, 6.07) is 0. The van der Waals surface area contributed by atoms with Gasteiger partial charge in [-0.05, 0) is 5.92 Å². The molecule has 0 spiro atoms. The molecule has 0 amide bonds. The number of aromatic nitrogens is 4. The third-order valence-electron chi connectivity index (χ3n) is 3.02. The van der Waals surface area contributed by atoms with Crippen LogP contribution in [0.2, 0.25) is 0 Å². The second-order valence-electron chi connectivity index (χ2n) is 5.25. The van der Waals surface area contributed by atoms with Gasteiger partial charge in [-0.3, -0.25) is 14.3 Å². The zero-order valence-electron chi connectivity index (χ0n) is 12.2. The van der Waals surface area contributed by atoms with E-state index in [9.17, 15) is 9.59 Å². The van der Waals surface area contributed by atoms with E-state index >= 15 is 0 Å². The van der Waals surface area contributed by atoms with E-state index < -0.39 is 11.2 Å². The van der Waals surface area contributed by atoms with Gasteiger partial charge in [0.25, 0.3) is 5.56 Å². The number of H-pyrrole nitrogens is 1. The van der Waals surface area contributed by atoms with Crippen molar-refractivity contribution in [3.05, 3.63) is 39.6 Å². The normalized spacial score (nSPS) is 11.0. The van der Waals surface area contributed by atoms with Gasteiger partial charge < -0.3 is 15.6 Å². The molecule has 0 aliphatic carbocycles. The lowest BCUT2D eigenvalue weighted by molar-refractivity contribution is 0.508. The molecule has 0 aromatic carbocycles. The van der Waals surface area contributed by atoms with Gasteiger partial charge in [0.05, 0.1) is 6.33 Å². The molecule has 114 valence electrons. The highest BCUT2D eigenvalue weighted by Crippen LogP contribution is 2.11. The highest BCUT2D eigenvalue weighted by Gasteiger charge is 2.12. The minimum atomic E-state index is -0.497. The summed E-state index contributed by atoms with van der Waals surface area (Å²) in [6.07, 6.45) is 5.20. The second-order valence-corrected chi connectivity index (χ2v) is 5.25. The van der Waals surface area contributed by atoms with E-state index in [-0.39, 0.29) is 17.4 Å². The third-order valence-corrected chi connectivity index (χ3v) is 3.02. The fourth-order valence-corrected chi connectivity index (χ4v) is 2.03. The fourth-order valence-electron chi connectivity index (χ4n) is 2.03. The van der Waals surface area contributed by atoms with Gasteiger partial charge in [-0.2, -0.15) is 0 Å². The molecule has 8 heteroatoms. The number of rotatable bonds is 6. The SMILES string of the molecule is CC(C)Cn1c(N)c(NCCn2ccnc2)c(=O)[nH]c1=O. The van der Waals surface area contributed by atoms with Crippen LogP contribution >= 0.6 is 0 Å². The van der Waals surface area contributed by atoms with Crippen molar-refractivity contribution >= 4 is 11.5 Å². The lowest BCUT2D eigenvalue weighted by Gasteiger charge is -2.15. The molecule has 2 aromatic rings. The molecule has 0 atom stereocenters. The van der Waals surface area contributed by atoms with Gasteiger partial charge in [0, 0.05) is 32.0 Å². The zero-order chi connectivity index (χ0) is 15.4. The van der Waals surface area contributed by atoms with E-state index in [1.165, 1.54) is 4.57 Å². The number of hydrogen-bond acceptors (Lipinski definition) is 5. The Kier molecular flexibility index (Phi) is 4.46. The monoisotopic (exact) mass is 292 g/mol. The molecule has 0 aliphatic rings. The van der Waals surface area contributed by atoms with Crippen LogP contribution in [0.1, 0.15) is 13.8 Å². The zero-order valence-corrected chi connectivity index (χ0v) is 12.2. The number of nitrogen functional groups attached to an aromatic ring is 1. The van der Waals surface area contributed by atoms with E-state index in [1.54, 1.807) is 12.5 Å². The van der Waals surface area contributed by atoms with Crippen molar-refractivity contribution in [2.45, 2.75) is 26.9 Å². The fraction of sp³-hybridized carbons (Fsp3) is 0.462. The van der Waals surface area contributed by atoms with E-state index in [2.05, 4.69) is 15.3 Å². The molecule has 2 heterocycles. The summed E-state index contributed by atoms with van der Waals surface area (Å²) >= 11 is 0. The minimum Gasteiger partial charge on any atom is -0.383 e. The molecular formula is C13H20N6O2. The third kappa shape index (κ3) is 3.53. The van der Waals surface area contributed by atoms with Crippen LogP contribution in [0, 0.1) is 5.92 Å². The maximum absolute atomic E-state index is 11.9. The molecule has 0 saturated heterocycles. The van der Waals surface area contributed by atoms with Crippen LogP contribution in [0.4, 0.5) is 11.5 Å². The van der Waals surface area contributed by atoms with Crippen LogP contribution in [0.25, 0.3) is 0 Å². The van der Waals surface area contributed by atoms with Crippen molar-refractivity contribution in [3.63, 3.8) is 0 Å². The molecule has 0 fully saturated rings. The van der Waals surface area contributed by atoms with Crippen LogP contribution in [0.3, 0.4) is 0 Å². The van der Waals surface area contributed by atoms with Gasteiger partial charge in [-0.25, -0.2) is 9.78 Å². The number of nitrogens with one attached hydrogen (secondary N) is 2. The predicted molar refractivity (Wildman–Crippen MR) is 81.3 cm³/mol. The summed E-state index contributed by atoms with van der Waals surface area (Å²) in [5.41, 5.74) is 5.21. The molecule has 0 radical (unpaired) electrons. The van der Waals surface area contributed by atoms with Gasteiger partial charge in [-0.15, -0.1) is 0 Å². The summed E-state index contributed by atoms with van der Waals surface area (Å²) in [5.74, 6) is 0.415. The van der Waals surface area contributed by atoms with Crippen molar-refractivity contribution in [1.82, 2.24) is 19.1 Å². The van der Waals surface area contributed by atoms with Gasteiger partial charge in [0.1, 0.15) is 11.5 Å². The van der Waals surface area contributed by atoms with Gasteiger partial charge >= 0.3 is 5.69 Å². The van der Waals surface area contributed by atoms with E-state index in [0.29, 0.717) is 19.6 Å². The number of imidazole rings is 1. The van der Waals surface area contributed by atoms with Crippen molar-refractivity contribution in [1.29, 1.82) is 0 Å². The number of nitrogens with two attached hydrogens (primary N) is 1.